The topological polar surface area (TPSA) is 50.7 Å². The van der Waals surface area contributed by atoms with Gasteiger partial charge in [-0.05, 0) is 12.1 Å². The first-order valence-corrected chi connectivity index (χ1v) is 5.12. The Morgan fingerprint density at radius 3 is 2.93 bits per heavy atom. The minimum Gasteiger partial charge on any atom is -0.371 e. The maximum Gasteiger partial charge on any atom is 0.157 e. The van der Waals surface area contributed by atoms with Crippen LogP contribution in [0.2, 0.25) is 4.34 Å². The maximum atomic E-state index is 5.84. The van der Waals surface area contributed by atoms with Gasteiger partial charge in [-0.1, -0.05) is 11.6 Å². The van der Waals surface area contributed by atoms with E-state index < -0.39 is 0 Å². The monoisotopic (exact) mass is 226 g/mol. The van der Waals surface area contributed by atoms with E-state index in [2.05, 4.69) is 20.5 Å². The van der Waals surface area contributed by atoms with Crippen LogP contribution in [-0.2, 0) is 0 Å². The number of rotatable bonds is 2. The third-order valence-electron chi connectivity index (χ3n) is 1.66. The van der Waals surface area contributed by atoms with E-state index in [0.29, 0.717) is 5.82 Å². The summed E-state index contributed by atoms with van der Waals surface area (Å²) >= 11 is 7.29. The molecule has 2 heterocycles. The molecule has 0 aliphatic carbocycles. The van der Waals surface area contributed by atoms with Crippen molar-refractivity contribution in [3.63, 3.8) is 0 Å². The Labute approximate surface area is 90.0 Å². The van der Waals surface area contributed by atoms with Gasteiger partial charge in [0.25, 0.3) is 0 Å². The van der Waals surface area contributed by atoms with E-state index in [1.807, 2.05) is 12.1 Å². The lowest BCUT2D eigenvalue weighted by atomic mass is 10.3. The van der Waals surface area contributed by atoms with Crippen molar-refractivity contribution < 1.29 is 0 Å². The van der Waals surface area contributed by atoms with Crippen molar-refractivity contribution in [3.05, 3.63) is 22.8 Å². The summed E-state index contributed by atoms with van der Waals surface area (Å²) in [6.07, 6.45) is 1.41. The third kappa shape index (κ3) is 1.69. The zero-order chi connectivity index (χ0) is 9.97. The van der Waals surface area contributed by atoms with E-state index in [9.17, 15) is 0 Å². The molecule has 4 nitrogen and oxygen atoms in total. The molecule has 0 unspecified atom stereocenters. The molecule has 0 radical (unpaired) electrons. The lowest BCUT2D eigenvalue weighted by Crippen LogP contribution is -1.98. The second-order valence-corrected chi connectivity index (χ2v) is 4.23. The van der Waals surface area contributed by atoms with Crippen molar-refractivity contribution in [2.75, 3.05) is 12.4 Å². The first kappa shape index (κ1) is 9.36. The summed E-state index contributed by atoms with van der Waals surface area (Å²) < 4.78 is 0.729. The predicted molar refractivity (Wildman–Crippen MR) is 57.7 cm³/mol. The largest absolute Gasteiger partial charge is 0.371 e. The summed E-state index contributed by atoms with van der Waals surface area (Å²) in [4.78, 5) is 5.02. The molecular weight excluding hydrogens is 220 g/mol. The Balaban J connectivity index is 2.50. The molecular formula is C8H7ClN4S. The van der Waals surface area contributed by atoms with Crippen LogP contribution < -0.4 is 5.32 Å². The average Bonchev–Trinajstić information content (AvgIpc) is 2.65. The highest BCUT2D eigenvalue weighted by Crippen LogP contribution is 2.32. The highest BCUT2D eigenvalue weighted by molar-refractivity contribution is 7.19. The molecule has 2 aromatic heterocycles. The van der Waals surface area contributed by atoms with Crippen LogP contribution in [0.3, 0.4) is 0 Å². The molecule has 0 aromatic carbocycles. The van der Waals surface area contributed by atoms with Crippen LogP contribution in [0.25, 0.3) is 10.6 Å². The molecule has 0 aliphatic heterocycles. The summed E-state index contributed by atoms with van der Waals surface area (Å²) in [5, 5.41) is 10.7. The number of hydrogen-bond acceptors (Lipinski definition) is 5. The van der Waals surface area contributed by atoms with Gasteiger partial charge in [0.05, 0.1) is 9.21 Å². The van der Waals surface area contributed by atoms with Crippen LogP contribution in [0.5, 0.6) is 0 Å². The highest BCUT2D eigenvalue weighted by Gasteiger charge is 2.09. The molecule has 0 bridgehead atoms. The molecule has 1 N–H and O–H groups in total. The van der Waals surface area contributed by atoms with Gasteiger partial charge in [0.2, 0.25) is 0 Å². The molecule has 0 fully saturated rings. The number of aromatic nitrogens is 3. The first-order valence-electron chi connectivity index (χ1n) is 3.92. The van der Waals surface area contributed by atoms with Crippen molar-refractivity contribution in [1.82, 2.24) is 15.2 Å². The standard InChI is InChI=1S/C8H7ClN4S/c1-10-8-7(13-12-4-11-8)5-2-3-6(9)14-5/h2-4H,1H3,(H,10,11,12). The predicted octanol–water partition coefficient (Wildman–Crippen LogP) is 2.30. The number of thiophene rings is 1. The average molecular weight is 227 g/mol. The molecule has 0 amide bonds. The number of anilines is 1. The smallest absolute Gasteiger partial charge is 0.157 e. The van der Waals surface area contributed by atoms with E-state index in [4.69, 9.17) is 11.6 Å². The minimum atomic E-state index is 0.707. The Kier molecular flexibility index (Phi) is 2.60. The maximum absolute atomic E-state index is 5.84. The van der Waals surface area contributed by atoms with Gasteiger partial charge in [-0.3, -0.25) is 0 Å². The Morgan fingerprint density at radius 1 is 1.43 bits per heavy atom. The van der Waals surface area contributed by atoms with E-state index in [1.165, 1.54) is 17.7 Å². The lowest BCUT2D eigenvalue weighted by molar-refractivity contribution is 0.980. The van der Waals surface area contributed by atoms with Gasteiger partial charge in [-0.25, -0.2) is 4.98 Å². The van der Waals surface area contributed by atoms with Gasteiger partial charge in [-0.15, -0.1) is 21.5 Å². The van der Waals surface area contributed by atoms with Crippen LogP contribution >= 0.6 is 22.9 Å². The fraction of sp³-hybridized carbons (Fsp3) is 0.125. The molecule has 0 saturated carbocycles. The zero-order valence-corrected chi connectivity index (χ0v) is 8.93. The SMILES string of the molecule is CNc1ncnnc1-c1ccc(Cl)s1. The molecule has 14 heavy (non-hydrogen) atoms. The zero-order valence-electron chi connectivity index (χ0n) is 7.36. The summed E-state index contributed by atoms with van der Waals surface area (Å²) in [7, 11) is 1.79. The molecule has 6 heteroatoms. The Hall–Kier alpha value is -1.20. The Bertz CT molecular complexity index is 442. The molecule has 2 rings (SSSR count). The fourth-order valence-electron chi connectivity index (χ4n) is 1.07. The summed E-state index contributed by atoms with van der Waals surface area (Å²) in [6, 6.07) is 3.73. The van der Waals surface area contributed by atoms with Crippen molar-refractivity contribution >= 4 is 28.8 Å². The highest BCUT2D eigenvalue weighted by atomic mass is 35.5. The fourth-order valence-corrected chi connectivity index (χ4v) is 2.09. The number of nitrogens with zero attached hydrogens (tertiary/aromatic N) is 3. The van der Waals surface area contributed by atoms with E-state index in [0.717, 1.165) is 14.9 Å². The molecule has 0 spiro atoms. The second-order valence-electron chi connectivity index (χ2n) is 2.51. The molecule has 2 aromatic rings. The van der Waals surface area contributed by atoms with Crippen molar-refractivity contribution in [2.24, 2.45) is 0 Å². The summed E-state index contributed by atoms with van der Waals surface area (Å²) in [6.45, 7) is 0. The van der Waals surface area contributed by atoms with Crippen LogP contribution in [0.1, 0.15) is 0 Å². The van der Waals surface area contributed by atoms with Crippen LogP contribution in [-0.4, -0.2) is 22.2 Å². The lowest BCUT2D eigenvalue weighted by Gasteiger charge is -2.01. The number of halogens is 1. The second kappa shape index (κ2) is 3.89. The van der Waals surface area contributed by atoms with Crippen LogP contribution in [0.15, 0.2) is 18.5 Å². The third-order valence-corrected chi connectivity index (χ3v) is 2.90. The number of nitrogens with one attached hydrogen (secondary N) is 1. The summed E-state index contributed by atoms with van der Waals surface area (Å²) in [5.41, 5.74) is 0.729. The van der Waals surface area contributed by atoms with Crippen molar-refractivity contribution in [1.29, 1.82) is 0 Å². The van der Waals surface area contributed by atoms with E-state index in [1.54, 1.807) is 7.05 Å². The molecule has 0 saturated heterocycles. The van der Waals surface area contributed by atoms with Crippen LogP contribution in [0.4, 0.5) is 5.82 Å². The molecule has 72 valence electrons. The van der Waals surface area contributed by atoms with E-state index >= 15 is 0 Å². The quantitative estimate of drug-likeness (QED) is 0.854. The van der Waals surface area contributed by atoms with Crippen molar-refractivity contribution in [3.8, 4) is 10.6 Å². The van der Waals surface area contributed by atoms with Gasteiger partial charge in [0.1, 0.15) is 12.0 Å². The van der Waals surface area contributed by atoms with Gasteiger partial charge in [0.15, 0.2) is 5.82 Å². The number of hydrogen-bond donors (Lipinski definition) is 1. The normalized spacial score (nSPS) is 10.1. The molecule has 0 aliphatic rings. The van der Waals surface area contributed by atoms with Crippen molar-refractivity contribution in [2.45, 2.75) is 0 Å². The van der Waals surface area contributed by atoms with E-state index in [-0.39, 0.29) is 0 Å². The minimum absolute atomic E-state index is 0.707. The molecule has 0 atom stereocenters. The first-order chi connectivity index (χ1) is 6.81. The Morgan fingerprint density at radius 2 is 2.29 bits per heavy atom. The van der Waals surface area contributed by atoms with Crippen LogP contribution in [0, 0.1) is 0 Å². The van der Waals surface area contributed by atoms with Gasteiger partial charge in [-0.2, -0.15) is 0 Å². The van der Waals surface area contributed by atoms with Gasteiger partial charge >= 0.3 is 0 Å². The van der Waals surface area contributed by atoms with Gasteiger partial charge in [0, 0.05) is 7.05 Å². The van der Waals surface area contributed by atoms with Gasteiger partial charge < -0.3 is 5.32 Å². The summed E-state index contributed by atoms with van der Waals surface area (Å²) in [5.74, 6) is 0.707.